The highest BCUT2D eigenvalue weighted by atomic mass is 31.2. The lowest BCUT2D eigenvalue weighted by Crippen LogP contribution is -2.62. The zero-order valence-electron chi connectivity index (χ0n) is 22.6. The minimum absolute atomic E-state index is 0.0342. The Labute approximate surface area is 225 Å². The highest BCUT2D eigenvalue weighted by Crippen LogP contribution is 2.49. The van der Waals surface area contributed by atoms with Crippen molar-refractivity contribution >= 4 is 31.2 Å². The summed E-state index contributed by atoms with van der Waals surface area (Å²) in [7, 11) is -3.57. The summed E-state index contributed by atoms with van der Waals surface area (Å²) in [6, 6.07) is 4.13. The molecular weight excluding hydrogens is 541 g/mol. The minimum atomic E-state index is -3.57. The fraction of sp³-hybridized carbons (Fsp3) is 0.625. The summed E-state index contributed by atoms with van der Waals surface area (Å²) < 4.78 is 52.1. The Morgan fingerprint density at radius 3 is 2.00 bits per heavy atom. The minimum Gasteiger partial charge on any atom is -0.460 e. The molecule has 0 aliphatic carbocycles. The van der Waals surface area contributed by atoms with Crippen molar-refractivity contribution in [3.05, 3.63) is 33.9 Å². The first-order chi connectivity index (χ1) is 18.3. The lowest BCUT2D eigenvalue weighted by molar-refractivity contribution is -0.385. The van der Waals surface area contributed by atoms with Crippen molar-refractivity contribution in [2.24, 2.45) is 0 Å². The Balaban J connectivity index is 2.55. The maximum Gasteiger partial charge on any atom is 0.330 e. The van der Waals surface area contributed by atoms with Crippen molar-refractivity contribution in [3.63, 3.8) is 0 Å². The van der Waals surface area contributed by atoms with Crippen molar-refractivity contribution in [1.29, 1.82) is 0 Å². The molecule has 0 aromatic heterocycles. The molecule has 0 N–H and O–H groups in total. The molecular formula is C24H34NO13P. The summed E-state index contributed by atoms with van der Waals surface area (Å²) in [4.78, 5) is 46.9. The van der Waals surface area contributed by atoms with Gasteiger partial charge >= 0.3 is 25.5 Å². The van der Waals surface area contributed by atoms with Crippen molar-refractivity contribution in [2.75, 3.05) is 19.4 Å². The second-order valence-corrected chi connectivity index (χ2v) is 10.7. The number of esters is 3. The van der Waals surface area contributed by atoms with Gasteiger partial charge in [-0.25, -0.2) is 0 Å². The smallest absolute Gasteiger partial charge is 0.330 e. The van der Waals surface area contributed by atoms with Crippen LogP contribution in [0.25, 0.3) is 0 Å². The van der Waals surface area contributed by atoms with Crippen molar-refractivity contribution in [3.8, 4) is 5.75 Å². The van der Waals surface area contributed by atoms with Crippen LogP contribution < -0.4 is 4.74 Å². The molecule has 1 fully saturated rings. The molecule has 1 aromatic rings. The third kappa shape index (κ3) is 8.99. The van der Waals surface area contributed by atoms with E-state index in [4.69, 9.17) is 32.7 Å². The van der Waals surface area contributed by atoms with E-state index in [-0.39, 0.29) is 42.8 Å². The summed E-state index contributed by atoms with van der Waals surface area (Å²) >= 11 is 0. The molecule has 218 valence electrons. The first-order valence-electron chi connectivity index (χ1n) is 12.3. The summed E-state index contributed by atoms with van der Waals surface area (Å²) in [6.45, 7) is 8.32. The molecule has 5 atom stereocenters. The molecule has 1 saturated heterocycles. The molecule has 0 bridgehead atoms. The molecule has 1 aromatic carbocycles. The number of hydrogen-bond acceptors (Lipinski definition) is 13. The van der Waals surface area contributed by atoms with E-state index < -0.39 is 61.1 Å². The van der Waals surface area contributed by atoms with Crippen LogP contribution in [0.2, 0.25) is 0 Å². The van der Waals surface area contributed by atoms with Crippen LogP contribution in [0.5, 0.6) is 5.75 Å². The van der Waals surface area contributed by atoms with Gasteiger partial charge in [0.15, 0.2) is 12.2 Å². The average Bonchev–Trinajstić information content (AvgIpc) is 2.82. The van der Waals surface area contributed by atoms with Gasteiger partial charge in [0.25, 0.3) is 5.69 Å². The van der Waals surface area contributed by atoms with Gasteiger partial charge in [-0.15, -0.1) is 0 Å². The molecule has 1 heterocycles. The van der Waals surface area contributed by atoms with E-state index in [1.807, 2.05) is 0 Å². The summed E-state index contributed by atoms with van der Waals surface area (Å²) in [5.41, 5.74) is -0.0693. The van der Waals surface area contributed by atoms with E-state index in [1.54, 1.807) is 13.8 Å². The van der Waals surface area contributed by atoms with Gasteiger partial charge < -0.3 is 32.7 Å². The number of ether oxygens (including phenoxy) is 5. The largest absolute Gasteiger partial charge is 0.460 e. The van der Waals surface area contributed by atoms with Crippen molar-refractivity contribution in [1.82, 2.24) is 0 Å². The summed E-state index contributed by atoms with van der Waals surface area (Å²) in [5.74, 6) is -2.29. The van der Waals surface area contributed by atoms with Crippen LogP contribution in [-0.4, -0.2) is 72.9 Å². The molecule has 0 amide bonds. The monoisotopic (exact) mass is 575 g/mol. The SMILES string of the molecule is CCOP(=O)(CC[C@H]1O[C@H](Oc2cccc([N+](=O)[O-])c2C)[C@@H](OC(C)=O)[C@@H](OC(C)=O)[C@@H]1OC(C)=O)OCC. The molecule has 0 saturated carbocycles. The molecule has 1 aliphatic heterocycles. The number of nitrogens with zero attached hydrogens (tertiary/aromatic N) is 1. The third-order valence-electron chi connectivity index (χ3n) is 5.53. The molecule has 2 rings (SSSR count). The maximum atomic E-state index is 13.1. The maximum absolute atomic E-state index is 13.1. The molecule has 39 heavy (non-hydrogen) atoms. The predicted molar refractivity (Wildman–Crippen MR) is 134 cm³/mol. The standard InChI is InChI=1S/C24H34NO13P/c1-7-32-39(31,33-8-2)13-12-20-21(34-15(4)26)22(35-16(5)27)23(36-17(6)28)24(38-20)37-19-11-9-10-18(14(19)3)25(29)30/h9-11,20-24H,7-8,12-13H2,1-6H3/t20-,21-,22+,23+,24+/m1/s1. The van der Waals surface area contributed by atoms with Gasteiger partial charge in [-0.2, -0.15) is 0 Å². The van der Waals surface area contributed by atoms with Gasteiger partial charge in [0, 0.05) is 26.8 Å². The molecule has 0 radical (unpaired) electrons. The van der Waals surface area contributed by atoms with Crippen molar-refractivity contribution in [2.45, 2.75) is 78.7 Å². The van der Waals surface area contributed by atoms with Crippen LogP contribution >= 0.6 is 7.60 Å². The fourth-order valence-corrected chi connectivity index (χ4v) is 5.77. The van der Waals surface area contributed by atoms with E-state index in [0.29, 0.717) is 0 Å². The van der Waals surface area contributed by atoms with Gasteiger partial charge in [0.05, 0.1) is 29.9 Å². The van der Waals surface area contributed by atoms with E-state index in [0.717, 1.165) is 20.8 Å². The highest BCUT2D eigenvalue weighted by Gasteiger charge is 2.53. The van der Waals surface area contributed by atoms with Gasteiger partial charge in [-0.05, 0) is 33.3 Å². The number of nitro benzene ring substituents is 1. The van der Waals surface area contributed by atoms with Gasteiger partial charge in [0.1, 0.15) is 11.9 Å². The molecule has 1 aliphatic rings. The average molecular weight is 576 g/mol. The molecule has 0 spiro atoms. The number of benzene rings is 1. The molecule has 0 unspecified atom stereocenters. The van der Waals surface area contributed by atoms with Gasteiger partial charge in [-0.3, -0.25) is 29.1 Å². The number of carbonyl (C=O) groups is 3. The highest BCUT2D eigenvalue weighted by molar-refractivity contribution is 7.53. The number of rotatable bonds is 13. The zero-order valence-corrected chi connectivity index (χ0v) is 23.5. The number of nitro groups is 1. The van der Waals surface area contributed by atoms with Crippen LogP contribution in [-0.2, 0) is 46.9 Å². The van der Waals surface area contributed by atoms with Gasteiger partial charge in [0.2, 0.25) is 12.4 Å². The quantitative estimate of drug-likeness (QED) is 0.110. The third-order valence-corrected chi connectivity index (χ3v) is 7.64. The lowest BCUT2D eigenvalue weighted by atomic mass is 9.96. The van der Waals surface area contributed by atoms with E-state index in [9.17, 15) is 29.1 Å². The Hall–Kier alpha value is -3.06. The lowest BCUT2D eigenvalue weighted by Gasteiger charge is -2.44. The van der Waals surface area contributed by atoms with E-state index in [1.165, 1.54) is 25.1 Å². The zero-order chi connectivity index (χ0) is 29.3. The van der Waals surface area contributed by atoms with Crippen LogP contribution in [0.3, 0.4) is 0 Å². The second kappa shape index (κ2) is 14.4. The van der Waals surface area contributed by atoms with Gasteiger partial charge in [-0.1, -0.05) is 6.07 Å². The Kier molecular flexibility index (Phi) is 11.8. The van der Waals surface area contributed by atoms with E-state index in [2.05, 4.69) is 0 Å². The predicted octanol–water partition coefficient (Wildman–Crippen LogP) is 3.46. The summed E-state index contributed by atoms with van der Waals surface area (Å²) in [5, 5.41) is 11.4. The van der Waals surface area contributed by atoms with E-state index >= 15 is 0 Å². The van der Waals surface area contributed by atoms with Crippen LogP contribution in [0.4, 0.5) is 5.69 Å². The molecule has 15 heteroatoms. The topological polar surface area (TPSA) is 176 Å². The van der Waals surface area contributed by atoms with Crippen LogP contribution in [0.1, 0.15) is 46.6 Å². The Morgan fingerprint density at radius 1 is 0.949 bits per heavy atom. The number of carbonyl (C=O) groups excluding carboxylic acids is 3. The number of hydrogen-bond donors (Lipinski definition) is 0. The fourth-order valence-electron chi connectivity index (χ4n) is 4.08. The second-order valence-electron chi connectivity index (χ2n) is 8.50. The first kappa shape index (κ1) is 32.2. The van der Waals surface area contributed by atoms with Crippen LogP contribution in [0, 0.1) is 17.0 Å². The Morgan fingerprint density at radius 2 is 1.49 bits per heavy atom. The molecule has 14 nitrogen and oxygen atoms in total. The first-order valence-corrected chi connectivity index (χ1v) is 14.0. The summed E-state index contributed by atoms with van der Waals surface area (Å²) in [6.07, 6.45) is -6.98. The van der Waals surface area contributed by atoms with Crippen molar-refractivity contribution < 1.29 is 56.6 Å². The van der Waals surface area contributed by atoms with Crippen LogP contribution in [0.15, 0.2) is 18.2 Å². The Bertz CT molecular complexity index is 1080. The normalized spacial score (nSPS) is 23.0.